The maximum Gasteiger partial charge on any atom is 0.333 e. The Kier molecular flexibility index (Phi) is 5.90. The van der Waals surface area contributed by atoms with Gasteiger partial charge in [0.1, 0.15) is 0 Å². The molecule has 0 bridgehead atoms. The monoisotopic (exact) mass is 291 g/mol. The van der Waals surface area contributed by atoms with Crippen LogP contribution < -0.4 is 17.1 Å². The van der Waals surface area contributed by atoms with Crippen molar-refractivity contribution in [3.8, 4) is 0 Å². The molecule has 0 unspecified atom stereocenters. The minimum Gasteiger partial charge on any atom is -0.259 e. The number of hydrogen-bond acceptors (Lipinski definition) is 3. The van der Waals surface area contributed by atoms with Crippen LogP contribution in [0.1, 0.15) is 25.7 Å². The molecule has 1 aromatic rings. The first-order chi connectivity index (χ1) is 9.98. The van der Waals surface area contributed by atoms with Crippen LogP contribution in [0.3, 0.4) is 0 Å². The Labute approximate surface area is 122 Å². The Bertz CT molecular complexity index is 618. The highest BCUT2D eigenvalue weighted by molar-refractivity contribution is 4.95. The van der Waals surface area contributed by atoms with Crippen LogP contribution in [0.15, 0.2) is 52.3 Å². The SMILES string of the molecule is C=CCC(CC=C)(CC=C)CCn1c(=O)[nH]c(=O)[nH]c1=O. The first kappa shape index (κ1) is 16.7. The third-order valence-corrected chi connectivity index (χ3v) is 3.53. The van der Waals surface area contributed by atoms with E-state index in [-0.39, 0.29) is 12.0 Å². The Balaban J connectivity index is 3.06. The number of H-pyrrole nitrogens is 2. The zero-order chi connectivity index (χ0) is 15.9. The molecule has 0 saturated carbocycles. The summed E-state index contributed by atoms with van der Waals surface area (Å²) in [7, 11) is 0. The standard InChI is InChI=1S/C15H21N3O3/c1-4-7-15(8-5-2,9-6-3)10-11-18-13(20)16-12(19)17-14(18)21/h4-6H,1-3,7-11H2,(H2,16,17,19,20,21). The van der Waals surface area contributed by atoms with E-state index < -0.39 is 17.1 Å². The van der Waals surface area contributed by atoms with Gasteiger partial charge in [0.15, 0.2) is 0 Å². The summed E-state index contributed by atoms with van der Waals surface area (Å²) in [6, 6.07) is 0. The second kappa shape index (κ2) is 7.42. The van der Waals surface area contributed by atoms with Crippen molar-refractivity contribution in [1.29, 1.82) is 0 Å². The van der Waals surface area contributed by atoms with Crippen LogP contribution >= 0.6 is 0 Å². The largest absolute Gasteiger partial charge is 0.333 e. The molecule has 0 amide bonds. The van der Waals surface area contributed by atoms with E-state index in [0.29, 0.717) is 6.42 Å². The highest BCUT2D eigenvalue weighted by Gasteiger charge is 2.26. The third-order valence-electron chi connectivity index (χ3n) is 3.53. The van der Waals surface area contributed by atoms with E-state index in [9.17, 15) is 14.4 Å². The van der Waals surface area contributed by atoms with E-state index in [1.807, 2.05) is 28.2 Å². The summed E-state index contributed by atoms with van der Waals surface area (Å²) in [6.07, 6.45) is 8.18. The molecule has 2 N–H and O–H groups in total. The second-order valence-corrected chi connectivity index (χ2v) is 5.07. The van der Waals surface area contributed by atoms with Gasteiger partial charge in [-0.3, -0.25) is 9.97 Å². The van der Waals surface area contributed by atoms with Crippen molar-refractivity contribution in [3.63, 3.8) is 0 Å². The predicted molar refractivity (Wildman–Crippen MR) is 83.4 cm³/mol. The molecule has 0 aliphatic carbocycles. The number of nitrogens with one attached hydrogen (secondary N) is 2. The molecule has 0 fully saturated rings. The highest BCUT2D eigenvalue weighted by Crippen LogP contribution is 2.36. The predicted octanol–water partition coefficient (Wildman–Crippen LogP) is 1.33. The van der Waals surface area contributed by atoms with Crippen molar-refractivity contribution >= 4 is 0 Å². The molecule has 0 atom stereocenters. The molecule has 0 aromatic carbocycles. The maximum absolute atomic E-state index is 11.7. The lowest BCUT2D eigenvalue weighted by Crippen LogP contribution is -2.44. The summed E-state index contributed by atoms with van der Waals surface area (Å²) in [4.78, 5) is 38.5. The van der Waals surface area contributed by atoms with Crippen molar-refractivity contribution in [3.05, 3.63) is 69.4 Å². The summed E-state index contributed by atoms with van der Waals surface area (Å²) in [6.45, 7) is 11.5. The summed E-state index contributed by atoms with van der Waals surface area (Å²) in [5, 5.41) is 0. The van der Waals surface area contributed by atoms with E-state index in [1.165, 1.54) is 0 Å². The fraction of sp³-hybridized carbons (Fsp3) is 0.400. The second-order valence-electron chi connectivity index (χ2n) is 5.07. The van der Waals surface area contributed by atoms with Gasteiger partial charge in [0, 0.05) is 6.54 Å². The molecule has 6 nitrogen and oxygen atoms in total. The van der Waals surface area contributed by atoms with Crippen molar-refractivity contribution in [2.45, 2.75) is 32.2 Å². The molecule has 114 valence electrons. The first-order valence-corrected chi connectivity index (χ1v) is 6.74. The zero-order valence-corrected chi connectivity index (χ0v) is 12.1. The number of aromatic amines is 2. The minimum atomic E-state index is -0.796. The number of aromatic nitrogens is 3. The molecular weight excluding hydrogens is 270 g/mol. The summed E-state index contributed by atoms with van der Waals surface area (Å²) < 4.78 is 0.991. The average Bonchev–Trinajstić information content (AvgIpc) is 2.38. The average molecular weight is 291 g/mol. The van der Waals surface area contributed by atoms with Gasteiger partial charge in [0.05, 0.1) is 0 Å². The summed E-state index contributed by atoms with van der Waals surface area (Å²) in [5.74, 6) is 0. The first-order valence-electron chi connectivity index (χ1n) is 6.74. The van der Waals surface area contributed by atoms with E-state index in [2.05, 4.69) is 19.7 Å². The van der Waals surface area contributed by atoms with Crippen LogP contribution in [0.5, 0.6) is 0 Å². The van der Waals surface area contributed by atoms with Gasteiger partial charge in [0.25, 0.3) is 0 Å². The van der Waals surface area contributed by atoms with Gasteiger partial charge in [0.2, 0.25) is 0 Å². The molecule has 6 heteroatoms. The summed E-state index contributed by atoms with van der Waals surface area (Å²) >= 11 is 0. The molecule has 1 rings (SSSR count). The van der Waals surface area contributed by atoms with Crippen LogP contribution in [0.4, 0.5) is 0 Å². The maximum atomic E-state index is 11.7. The van der Waals surface area contributed by atoms with Crippen molar-refractivity contribution in [2.24, 2.45) is 5.41 Å². The van der Waals surface area contributed by atoms with Crippen LogP contribution in [0, 0.1) is 5.41 Å². The van der Waals surface area contributed by atoms with Crippen molar-refractivity contribution in [1.82, 2.24) is 14.5 Å². The molecule has 21 heavy (non-hydrogen) atoms. The van der Waals surface area contributed by atoms with Gasteiger partial charge >= 0.3 is 17.1 Å². The van der Waals surface area contributed by atoms with E-state index in [1.54, 1.807) is 0 Å². The highest BCUT2D eigenvalue weighted by atomic mass is 16.2. The van der Waals surface area contributed by atoms with Gasteiger partial charge in [-0.25, -0.2) is 19.0 Å². The van der Waals surface area contributed by atoms with Gasteiger partial charge < -0.3 is 0 Å². The number of allylic oxidation sites excluding steroid dienone is 3. The minimum absolute atomic E-state index is 0.173. The Morgan fingerprint density at radius 3 is 1.71 bits per heavy atom. The molecule has 0 aliphatic rings. The Hall–Kier alpha value is -2.37. The van der Waals surface area contributed by atoms with Crippen LogP contribution in [-0.4, -0.2) is 14.5 Å². The van der Waals surface area contributed by atoms with E-state index in [0.717, 1.165) is 23.8 Å². The van der Waals surface area contributed by atoms with Gasteiger partial charge in [-0.05, 0) is 31.1 Å². The molecule has 1 heterocycles. The number of rotatable bonds is 9. The Morgan fingerprint density at radius 2 is 1.33 bits per heavy atom. The van der Waals surface area contributed by atoms with Crippen molar-refractivity contribution < 1.29 is 0 Å². The molecule has 0 spiro atoms. The smallest absolute Gasteiger partial charge is 0.259 e. The molecule has 1 aromatic heterocycles. The van der Waals surface area contributed by atoms with Crippen LogP contribution in [0.25, 0.3) is 0 Å². The van der Waals surface area contributed by atoms with Gasteiger partial charge in [-0.15, -0.1) is 19.7 Å². The summed E-state index contributed by atoms with van der Waals surface area (Å²) in [5.41, 5.74) is -2.37. The Morgan fingerprint density at radius 1 is 0.905 bits per heavy atom. The fourth-order valence-corrected chi connectivity index (χ4v) is 2.48. The quantitative estimate of drug-likeness (QED) is 0.673. The van der Waals surface area contributed by atoms with Crippen molar-refractivity contribution in [2.75, 3.05) is 0 Å². The van der Waals surface area contributed by atoms with E-state index in [4.69, 9.17) is 0 Å². The molecular formula is C15H21N3O3. The third kappa shape index (κ3) is 4.30. The van der Waals surface area contributed by atoms with Gasteiger partial charge in [-0.2, -0.15) is 0 Å². The fourth-order valence-electron chi connectivity index (χ4n) is 2.48. The lowest BCUT2D eigenvalue weighted by Gasteiger charge is -2.31. The van der Waals surface area contributed by atoms with E-state index >= 15 is 0 Å². The zero-order valence-electron chi connectivity index (χ0n) is 12.1. The molecule has 0 aliphatic heterocycles. The molecule has 0 saturated heterocycles. The number of hydrogen-bond donors (Lipinski definition) is 2. The lowest BCUT2D eigenvalue weighted by molar-refractivity contribution is 0.251. The normalized spacial score (nSPS) is 11.0. The van der Waals surface area contributed by atoms with Crippen LogP contribution in [0.2, 0.25) is 0 Å². The van der Waals surface area contributed by atoms with Gasteiger partial charge in [-0.1, -0.05) is 18.2 Å². The lowest BCUT2D eigenvalue weighted by atomic mass is 9.75. The number of nitrogens with zero attached hydrogens (tertiary/aromatic N) is 1. The topological polar surface area (TPSA) is 87.7 Å². The molecule has 0 radical (unpaired) electrons. The van der Waals surface area contributed by atoms with Crippen LogP contribution in [-0.2, 0) is 6.54 Å².